The van der Waals surface area contributed by atoms with Crippen LogP contribution in [0.25, 0.3) is 5.52 Å². The molecule has 0 saturated carbocycles. The summed E-state index contributed by atoms with van der Waals surface area (Å²) in [6.45, 7) is 6.68. The number of nitrogens with one attached hydrogen (secondary N) is 1. The first-order chi connectivity index (χ1) is 14.7. The van der Waals surface area contributed by atoms with Gasteiger partial charge >= 0.3 is 0 Å². The molecular weight excluding hydrogens is 397 g/mol. The first-order valence-electron chi connectivity index (χ1n) is 10.3. The zero-order chi connectivity index (χ0) is 21.9. The van der Waals surface area contributed by atoms with Crippen LogP contribution < -0.4 is 0 Å². The minimum atomic E-state index is -0.519. The van der Waals surface area contributed by atoms with Crippen LogP contribution in [0.3, 0.4) is 0 Å². The first-order valence-corrected chi connectivity index (χ1v) is 10.3. The molecule has 0 bridgehead atoms. The van der Waals surface area contributed by atoms with Crippen LogP contribution in [0.1, 0.15) is 60.1 Å². The van der Waals surface area contributed by atoms with Crippen molar-refractivity contribution in [3.63, 3.8) is 0 Å². The van der Waals surface area contributed by atoms with Gasteiger partial charge in [-0.05, 0) is 24.3 Å². The molecule has 160 valence electrons. The highest BCUT2D eigenvalue weighted by Crippen LogP contribution is 2.35. The van der Waals surface area contributed by atoms with Crippen LogP contribution in [0.4, 0.5) is 4.39 Å². The summed E-state index contributed by atoms with van der Waals surface area (Å²) >= 11 is 0. The van der Waals surface area contributed by atoms with Gasteiger partial charge in [0, 0.05) is 37.3 Å². The number of nitrogens with zero attached hydrogens (tertiary/aromatic N) is 6. The number of hydrogen-bond acceptors (Lipinski definition) is 4. The van der Waals surface area contributed by atoms with Crippen LogP contribution in [0, 0.1) is 5.82 Å². The number of fused-ring (bicyclic) bond motifs is 2. The SMILES string of the molecule is Cn1nc(C(C)(C)C)cc1C(=O)N1CCc2[nH]cnc2C1c1cc2c(F)cccn2n1. The lowest BCUT2D eigenvalue weighted by atomic mass is 9.92. The maximum absolute atomic E-state index is 14.3. The largest absolute Gasteiger partial charge is 0.348 e. The Balaban J connectivity index is 1.61. The third-order valence-electron chi connectivity index (χ3n) is 5.80. The number of carbonyl (C=O) groups excluding carboxylic acids is 1. The van der Waals surface area contributed by atoms with Gasteiger partial charge in [-0.3, -0.25) is 9.48 Å². The average molecular weight is 421 g/mol. The zero-order valence-electron chi connectivity index (χ0n) is 17.9. The Labute approximate surface area is 178 Å². The van der Waals surface area contributed by atoms with Gasteiger partial charge in [0.1, 0.15) is 23.1 Å². The predicted molar refractivity (Wildman–Crippen MR) is 112 cm³/mol. The molecule has 8 nitrogen and oxygen atoms in total. The maximum atomic E-state index is 14.3. The molecule has 1 aliphatic heterocycles. The minimum Gasteiger partial charge on any atom is -0.348 e. The molecule has 0 fully saturated rings. The lowest BCUT2D eigenvalue weighted by Gasteiger charge is -2.33. The van der Waals surface area contributed by atoms with Crippen molar-refractivity contribution < 1.29 is 9.18 Å². The van der Waals surface area contributed by atoms with Crippen molar-refractivity contribution in [3.8, 4) is 0 Å². The predicted octanol–water partition coefficient (Wildman–Crippen LogP) is 3.02. The molecule has 0 spiro atoms. The van der Waals surface area contributed by atoms with Crippen molar-refractivity contribution in [2.75, 3.05) is 6.54 Å². The molecule has 1 unspecified atom stereocenters. The number of aromatic nitrogens is 6. The summed E-state index contributed by atoms with van der Waals surface area (Å²) in [7, 11) is 1.78. The number of hydrogen-bond donors (Lipinski definition) is 1. The second-order valence-electron chi connectivity index (χ2n) is 8.96. The second-order valence-corrected chi connectivity index (χ2v) is 8.96. The number of aromatic amines is 1. The van der Waals surface area contributed by atoms with E-state index in [1.54, 1.807) is 41.3 Å². The van der Waals surface area contributed by atoms with Crippen LogP contribution in [0.2, 0.25) is 0 Å². The van der Waals surface area contributed by atoms with Gasteiger partial charge in [0.05, 0.1) is 23.4 Å². The van der Waals surface area contributed by atoms with Crippen LogP contribution >= 0.6 is 0 Å². The van der Waals surface area contributed by atoms with Gasteiger partial charge in [-0.1, -0.05) is 20.8 Å². The van der Waals surface area contributed by atoms with E-state index >= 15 is 0 Å². The van der Waals surface area contributed by atoms with Gasteiger partial charge in [-0.15, -0.1) is 0 Å². The number of halogens is 1. The Kier molecular flexibility index (Phi) is 4.25. The van der Waals surface area contributed by atoms with E-state index < -0.39 is 6.04 Å². The molecule has 4 aromatic rings. The highest BCUT2D eigenvalue weighted by atomic mass is 19.1. The molecule has 0 aliphatic carbocycles. The van der Waals surface area contributed by atoms with Gasteiger partial charge in [-0.25, -0.2) is 13.9 Å². The average Bonchev–Trinajstić information content (AvgIpc) is 3.44. The number of H-pyrrole nitrogens is 1. The van der Waals surface area contributed by atoms with Crippen LogP contribution in [-0.2, 0) is 18.9 Å². The fourth-order valence-electron chi connectivity index (χ4n) is 4.11. The lowest BCUT2D eigenvalue weighted by Crippen LogP contribution is -2.41. The fraction of sp³-hybridized carbons (Fsp3) is 0.364. The zero-order valence-corrected chi connectivity index (χ0v) is 17.9. The molecular formula is C22H24FN7O. The Morgan fingerprint density at radius 1 is 1.26 bits per heavy atom. The summed E-state index contributed by atoms with van der Waals surface area (Å²) in [6, 6.07) is 6.02. The minimum absolute atomic E-state index is 0.151. The molecule has 0 radical (unpaired) electrons. The highest BCUT2D eigenvalue weighted by molar-refractivity contribution is 5.93. The molecule has 4 aromatic heterocycles. The summed E-state index contributed by atoms with van der Waals surface area (Å²) < 4.78 is 17.4. The number of rotatable bonds is 2. The number of aryl methyl sites for hydroxylation is 1. The molecule has 0 saturated heterocycles. The van der Waals surface area contributed by atoms with E-state index in [1.165, 1.54) is 10.6 Å². The Bertz CT molecular complexity index is 1290. The van der Waals surface area contributed by atoms with E-state index in [-0.39, 0.29) is 17.1 Å². The van der Waals surface area contributed by atoms with Gasteiger partial charge < -0.3 is 9.88 Å². The Morgan fingerprint density at radius 3 is 2.77 bits per heavy atom. The Morgan fingerprint density at radius 2 is 2.06 bits per heavy atom. The van der Waals surface area contributed by atoms with Crippen molar-refractivity contribution in [3.05, 3.63) is 71.1 Å². The van der Waals surface area contributed by atoms with E-state index in [2.05, 4.69) is 40.9 Å². The maximum Gasteiger partial charge on any atom is 0.273 e. The van der Waals surface area contributed by atoms with Crippen molar-refractivity contribution in [2.45, 2.75) is 38.6 Å². The van der Waals surface area contributed by atoms with E-state index in [0.717, 1.165) is 17.1 Å². The number of imidazole rings is 1. The number of carbonyl (C=O) groups is 1. The number of amides is 1. The van der Waals surface area contributed by atoms with Gasteiger partial charge in [0.2, 0.25) is 0 Å². The summed E-state index contributed by atoms with van der Waals surface area (Å²) in [4.78, 5) is 23.1. The first kappa shape index (κ1) is 19.5. The van der Waals surface area contributed by atoms with Crippen molar-refractivity contribution in [2.24, 2.45) is 7.05 Å². The second kappa shape index (κ2) is 6.76. The molecule has 1 amide bonds. The van der Waals surface area contributed by atoms with Gasteiger partial charge in [0.15, 0.2) is 0 Å². The van der Waals surface area contributed by atoms with Crippen LogP contribution in [-0.4, -0.2) is 46.7 Å². The molecule has 1 N–H and O–H groups in total. The number of pyridine rings is 1. The monoisotopic (exact) mass is 421 g/mol. The third-order valence-corrected chi connectivity index (χ3v) is 5.80. The molecule has 0 aromatic carbocycles. The van der Waals surface area contributed by atoms with E-state index in [0.29, 0.717) is 29.9 Å². The normalized spacial score (nSPS) is 16.7. The topological polar surface area (TPSA) is 84.1 Å². The van der Waals surface area contributed by atoms with E-state index in [1.807, 2.05) is 6.07 Å². The summed E-state index contributed by atoms with van der Waals surface area (Å²) in [5.41, 5.74) is 3.82. The molecule has 31 heavy (non-hydrogen) atoms. The quantitative estimate of drug-likeness (QED) is 0.539. The molecule has 5 heterocycles. The lowest BCUT2D eigenvalue weighted by molar-refractivity contribution is 0.0675. The molecule has 5 rings (SSSR count). The summed E-state index contributed by atoms with van der Waals surface area (Å²) in [6.07, 6.45) is 3.98. The third kappa shape index (κ3) is 3.11. The van der Waals surface area contributed by atoms with E-state index in [9.17, 15) is 9.18 Å². The van der Waals surface area contributed by atoms with Crippen molar-refractivity contribution in [1.29, 1.82) is 0 Å². The molecule has 9 heteroatoms. The van der Waals surface area contributed by atoms with Crippen LogP contribution in [0.5, 0.6) is 0 Å². The van der Waals surface area contributed by atoms with Gasteiger partial charge in [-0.2, -0.15) is 10.2 Å². The Hall–Kier alpha value is -3.49. The standard InChI is InChI=1S/C22H24FN7O/c1-22(2,3)18-11-17(28(4)27-18)21(31)29-9-7-14-19(25-12-24-14)20(29)15-10-16-13(23)6-5-8-30(16)26-15/h5-6,8,10-12,20H,7,9H2,1-4H3,(H,24,25). The highest BCUT2D eigenvalue weighted by Gasteiger charge is 2.37. The fourth-order valence-corrected chi connectivity index (χ4v) is 4.11. The molecule has 1 aliphatic rings. The van der Waals surface area contributed by atoms with Gasteiger partial charge in [0.25, 0.3) is 5.91 Å². The summed E-state index contributed by atoms with van der Waals surface area (Å²) in [5, 5.41) is 9.13. The van der Waals surface area contributed by atoms with Crippen molar-refractivity contribution >= 4 is 11.4 Å². The van der Waals surface area contributed by atoms with E-state index in [4.69, 9.17) is 0 Å². The molecule has 1 atom stereocenters. The van der Waals surface area contributed by atoms with Crippen molar-refractivity contribution in [1.82, 2.24) is 34.3 Å². The smallest absolute Gasteiger partial charge is 0.273 e. The van der Waals surface area contributed by atoms with Crippen LogP contribution in [0.15, 0.2) is 36.8 Å². The summed E-state index contributed by atoms with van der Waals surface area (Å²) in [5.74, 6) is -0.514.